The van der Waals surface area contributed by atoms with E-state index in [1.54, 1.807) is 24.3 Å². The van der Waals surface area contributed by atoms with E-state index in [1.165, 1.54) is 0 Å². The van der Waals surface area contributed by atoms with Gasteiger partial charge in [-0.2, -0.15) is 8.42 Å². The number of aryl methyl sites for hydroxylation is 1. The molecular formula is C19H24O4S. The lowest BCUT2D eigenvalue weighted by atomic mass is 9.87. The van der Waals surface area contributed by atoms with E-state index in [0.29, 0.717) is 12.4 Å². The summed E-state index contributed by atoms with van der Waals surface area (Å²) in [7, 11) is -3.96. The van der Waals surface area contributed by atoms with E-state index in [0.717, 1.165) is 11.1 Å². The van der Waals surface area contributed by atoms with Crippen molar-refractivity contribution in [2.45, 2.75) is 44.9 Å². The molecule has 0 unspecified atom stereocenters. The molecule has 0 spiro atoms. The van der Waals surface area contributed by atoms with Crippen molar-refractivity contribution in [1.82, 2.24) is 0 Å². The van der Waals surface area contributed by atoms with Gasteiger partial charge in [0.25, 0.3) is 0 Å². The summed E-state index contributed by atoms with van der Waals surface area (Å²) in [6, 6.07) is 12.1. The molecule has 0 aliphatic rings. The Kier molecular flexibility index (Phi) is 5.23. The average molecular weight is 348 g/mol. The van der Waals surface area contributed by atoms with Crippen molar-refractivity contribution in [1.29, 1.82) is 0 Å². The van der Waals surface area contributed by atoms with Crippen molar-refractivity contribution >= 4 is 10.1 Å². The second-order valence-electron chi connectivity index (χ2n) is 6.70. The van der Waals surface area contributed by atoms with E-state index in [9.17, 15) is 8.42 Å². The van der Waals surface area contributed by atoms with Gasteiger partial charge in [0.1, 0.15) is 16.4 Å². The van der Waals surface area contributed by atoms with Gasteiger partial charge in [0.05, 0.1) is 6.61 Å². The predicted octanol–water partition coefficient (Wildman–Crippen LogP) is 4.46. The molecule has 0 aliphatic carbocycles. The van der Waals surface area contributed by atoms with Gasteiger partial charge in [0.15, 0.2) is 0 Å². The standard InChI is InChI=1S/C19H24O4S/c1-6-22-17-12-7-14(2)13-18(17)24(20,21)23-16-10-8-15(9-11-16)19(3,4)5/h7-13H,6H2,1-5H3. The van der Waals surface area contributed by atoms with Crippen molar-refractivity contribution in [3.8, 4) is 11.5 Å². The van der Waals surface area contributed by atoms with Crippen LogP contribution in [0.3, 0.4) is 0 Å². The third-order valence-electron chi connectivity index (χ3n) is 3.59. The molecule has 5 heteroatoms. The molecule has 0 atom stereocenters. The molecule has 2 aromatic carbocycles. The van der Waals surface area contributed by atoms with Crippen LogP contribution in [0, 0.1) is 6.92 Å². The predicted molar refractivity (Wildman–Crippen MR) is 95.3 cm³/mol. The van der Waals surface area contributed by atoms with Crippen molar-refractivity contribution in [3.05, 3.63) is 53.6 Å². The Morgan fingerprint density at radius 3 is 2.17 bits per heavy atom. The van der Waals surface area contributed by atoms with Crippen LogP contribution < -0.4 is 8.92 Å². The monoisotopic (exact) mass is 348 g/mol. The van der Waals surface area contributed by atoms with Gasteiger partial charge < -0.3 is 8.92 Å². The Balaban J connectivity index is 2.33. The molecule has 2 rings (SSSR count). The summed E-state index contributed by atoms with van der Waals surface area (Å²) >= 11 is 0. The zero-order valence-electron chi connectivity index (χ0n) is 14.8. The molecule has 0 heterocycles. The molecule has 0 saturated heterocycles. The lowest BCUT2D eigenvalue weighted by Crippen LogP contribution is -2.13. The van der Waals surface area contributed by atoms with Gasteiger partial charge in [-0.15, -0.1) is 0 Å². The maximum atomic E-state index is 12.6. The van der Waals surface area contributed by atoms with E-state index in [4.69, 9.17) is 8.92 Å². The molecule has 24 heavy (non-hydrogen) atoms. The van der Waals surface area contributed by atoms with Gasteiger partial charge in [-0.1, -0.05) is 39.0 Å². The van der Waals surface area contributed by atoms with Gasteiger partial charge in [-0.25, -0.2) is 0 Å². The summed E-state index contributed by atoms with van der Waals surface area (Å²) in [5, 5.41) is 0. The zero-order chi connectivity index (χ0) is 18.0. The first-order valence-corrected chi connectivity index (χ1v) is 9.33. The minimum absolute atomic E-state index is 0.00389. The van der Waals surface area contributed by atoms with Crippen molar-refractivity contribution in [3.63, 3.8) is 0 Å². The third kappa shape index (κ3) is 4.29. The molecule has 2 aromatic rings. The molecule has 0 bridgehead atoms. The van der Waals surface area contributed by atoms with Crippen LogP contribution in [0.5, 0.6) is 11.5 Å². The largest absolute Gasteiger partial charge is 0.492 e. The van der Waals surface area contributed by atoms with Gasteiger partial charge in [-0.05, 0) is 54.7 Å². The van der Waals surface area contributed by atoms with Crippen LogP contribution in [0.1, 0.15) is 38.8 Å². The lowest BCUT2D eigenvalue weighted by molar-refractivity contribution is 0.329. The molecule has 0 saturated carbocycles. The summed E-state index contributed by atoms with van der Waals surface area (Å²) in [4.78, 5) is 0.0456. The number of rotatable bonds is 5. The molecule has 130 valence electrons. The van der Waals surface area contributed by atoms with E-state index >= 15 is 0 Å². The maximum Gasteiger partial charge on any atom is 0.342 e. The van der Waals surface area contributed by atoms with Crippen LogP contribution in [-0.4, -0.2) is 15.0 Å². The summed E-state index contributed by atoms with van der Waals surface area (Å²) in [5.74, 6) is 0.585. The highest BCUT2D eigenvalue weighted by Crippen LogP contribution is 2.29. The van der Waals surface area contributed by atoms with Crippen molar-refractivity contribution in [2.24, 2.45) is 0 Å². The zero-order valence-corrected chi connectivity index (χ0v) is 15.6. The number of ether oxygens (including phenoxy) is 1. The maximum absolute atomic E-state index is 12.6. The number of hydrogen-bond donors (Lipinski definition) is 0. The third-order valence-corrected chi connectivity index (χ3v) is 4.86. The first-order chi connectivity index (χ1) is 11.1. The van der Waals surface area contributed by atoms with Crippen molar-refractivity contribution < 1.29 is 17.3 Å². The van der Waals surface area contributed by atoms with Gasteiger partial charge in [0, 0.05) is 0 Å². The van der Waals surface area contributed by atoms with Crippen LogP contribution in [0.25, 0.3) is 0 Å². The molecule has 0 amide bonds. The highest BCUT2D eigenvalue weighted by molar-refractivity contribution is 7.87. The highest BCUT2D eigenvalue weighted by Gasteiger charge is 2.23. The molecule has 4 nitrogen and oxygen atoms in total. The Hall–Kier alpha value is -2.01. The Morgan fingerprint density at radius 2 is 1.62 bits per heavy atom. The fourth-order valence-corrected chi connectivity index (χ4v) is 3.43. The molecule has 0 fully saturated rings. The molecule has 0 aliphatic heterocycles. The first-order valence-electron chi connectivity index (χ1n) is 7.92. The summed E-state index contributed by atoms with van der Waals surface area (Å²) in [5.41, 5.74) is 1.93. The molecule has 0 radical (unpaired) electrons. The van der Waals surface area contributed by atoms with Gasteiger partial charge >= 0.3 is 10.1 Å². The number of benzene rings is 2. The lowest BCUT2D eigenvalue weighted by Gasteiger charge is -2.19. The van der Waals surface area contributed by atoms with Crippen LogP contribution in [0.4, 0.5) is 0 Å². The van der Waals surface area contributed by atoms with Crippen LogP contribution >= 0.6 is 0 Å². The quantitative estimate of drug-likeness (QED) is 0.749. The van der Waals surface area contributed by atoms with Crippen LogP contribution in [-0.2, 0) is 15.5 Å². The van der Waals surface area contributed by atoms with E-state index in [1.807, 2.05) is 32.0 Å². The molecule has 0 N–H and O–H groups in total. The van der Waals surface area contributed by atoms with Gasteiger partial charge in [-0.3, -0.25) is 0 Å². The fourth-order valence-electron chi connectivity index (χ4n) is 2.27. The van der Waals surface area contributed by atoms with E-state index in [2.05, 4.69) is 20.8 Å². The molecular weight excluding hydrogens is 324 g/mol. The van der Waals surface area contributed by atoms with Gasteiger partial charge in [0.2, 0.25) is 0 Å². The Morgan fingerprint density at radius 1 is 1.00 bits per heavy atom. The van der Waals surface area contributed by atoms with Crippen LogP contribution in [0.2, 0.25) is 0 Å². The minimum atomic E-state index is -3.96. The average Bonchev–Trinajstić information content (AvgIpc) is 2.48. The van der Waals surface area contributed by atoms with E-state index < -0.39 is 10.1 Å². The summed E-state index contributed by atoms with van der Waals surface area (Å²) < 4.78 is 36.0. The second-order valence-corrected chi connectivity index (χ2v) is 8.21. The Labute approximate surface area is 144 Å². The first kappa shape index (κ1) is 18.3. The normalized spacial score (nSPS) is 12.0. The summed E-state index contributed by atoms with van der Waals surface area (Å²) in [6.07, 6.45) is 0. The van der Waals surface area contributed by atoms with Crippen LogP contribution in [0.15, 0.2) is 47.4 Å². The highest BCUT2D eigenvalue weighted by atomic mass is 32.2. The smallest absolute Gasteiger partial charge is 0.342 e. The SMILES string of the molecule is CCOc1ccc(C)cc1S(=O)(=O)Oc1ccc(C(C)(C)C)cc1. The second kappa shape index (κ2) is 6.85. The number of hydrogen-bond acceptors (Lipinski definition) is 4. The summed E-state index contributed by atoms with van der Waals surface area (Å²) in [6.45, 7) is 10.3. The Bertz CT molecular complexity index is 800. The van der Waals surface area contributed by atoms with Crippen molar-refractivity contribution in [2.75, 3.05) is 6.61 Å². The fraction of sp³-hybridized carbons (Fsp3) is 0.368. The molecule has 0 aromatic heterocycles. The van der Waals surface area contributed by atoms with E-state index in [-0.39, 0.29) is 16.1 Å². The minimum Gasteiger partial charge on any atom is -0.492 e. The topological polar surface area (TPSA) is 52.6 Å².